The zero-order valence-corrected chi connectivity index (χ0v) is 9.71. The van der Waals surface area contributed by atoms with Gasteiger partial charge in [0.05, 0.1) is 0 Å². The first-order valence-electron chi connectivity index (χ1n) is 6.22. The fraction of sp³-hybridized carbons (Fsp3) is 1.00. The monoisotopic (exact) mass is 196 g/mol. The molecule has 82 valence electrons. The van der Waals surface area contributed by atoms with Crippen molar-refractivity contribution >= 4 is 0 Å². The third kappa shape index (κ3) is 2.48. The Bertz CT molecular complexity index is 173. The number of hydrogen-bond acceptors (Lipinski definition) is 2. The smallest absolute Gasteiger partial charge is 0.0235 e. The quantitative estimate of drug-likeness (QED) is 0.679. The van der Waals surface area contributed by atoms with E-state index in [1.165, 1.54) is 52.0 Å². The number of rotatable bonds is 3. The molecule has 0 bridgehead atoms. The van der Waals surface area contributed by atoms with E-state index in [1.807, 2.05) is 0 Å². The second-order valence-corrected chi connectivity index (χ2v) is 5.34. The largest absolute Gasteiger partial charge is 0.301 e. The van der Waals surface area contributed by atoms with Gasteiger partial charge in [0.2, 0.25) is 0 Å². The summed E-state index contributed by atoms with van der Waals surface area (Å²) >= 11 is 0. The van der Waals surface area contributed by atoms with Crippen molar-refractivity contribution in [1.82, 2.24) is 9.80 Å². The Morgan fingerprint density at radius 2 is 1.86 bits per heavy atom. The maximum absolute atomic E-state index is 2.71. The minimum atomic E-state index is 0.826. The fourth-order valence-corrected chi connectivity index (χ4v) is 2.90. The molecule has 0 radical (unpaired) electrons. The summed E-state index contributed by atoms with van der Waals surface area (Å²) in [6, 6.07) is 0.885. The highest BCUT2D eigenvalue weighted by molar-refractivity contribution is 4.85. The van der Waals surface area contributed by atoms with E-state index in [9.17, 15) is 0 Å². The lowest BCUT2D eigenvalue weighted by atomic mass is 10.2. The minimum Gasteiger partial charge on any atom is -0.301 e. The van der Waals surface area contributed by atoms with Gasteiger partial charge >= 0.3 is 0 Å². The molecule has 0 aromatic heterocycles. The molecule has 2 aliphatic rings. The molecule has 1 atom stereocenters. The molecule has 0 spiro atoms. The van der Waals surface area contributed by atoms with Crippen molar-refractivity contribution in [3.63, 3.8) is 0 Å². The first kappa shape index (κ1) is 10.4. The molecular weight excluding hydrogens is 172 g/mol. The summed E-state index contributed by atoms with van der Waals surface area (Å²) in [6.45, 7) is 11.3. The molecule has 2 nitrogen and oxygen atoms in total. The number of nitrogens with zero attached hydrogens (tertiary/aromatic N) is 2. The van der Waals surface area contributed by atoms with Gasteiger partial charge in [-0.3, -0.25) is 4.90 Å². The predicted molar refractivity (Wildman–Crippen MR) is 60.5 cm³/mol. The van der Waals surface area contributed by atoms with Crippen LogP contribution in [0.2, 0.25) is 0 Å². The lowest BCUT2D eigenvalue weighted by molar-refractivity contribution is 0.224. The standard InChI is InChI=1S/C12H24N2/c1-11(2)9-13-8-5-12(10-13)14-6-3-4-7-14/h11-12H,3-10H2,1-2H3. The van der Waals surface area contributed by atoms with E-state index in [1.54, 1.807) is 0 Å². The summed E-state index contributed by atoms with van der Waals surface area (Å²) in [4.78, 5) is 5.36. The average Bonchev–Trinajstić information content (AvgIpc) is 2.69. The van der Waals surface area contributed by atoms with Crippen LogP contribution < -0.4 is 0 Å². The molecular formula is C12H24N2. The second kappa shape index (κ2) is 4.63. The van der Waals surface area contributed by atoms with Gasteiger partial charge in [0.15, 0.2) is 0 Å². The highest BCUT2D eigenvalue weighted by Gasteiger charge is 2.28. The van der Waals surface area contributed by atoms with E-state index < -0.39 is 0 Å². The van der Waals surface area contributed by atoms with Gasteiger partial charge in [-0.05, 0) is 44.8 Å². The molecule has 1 unspecified atom stereocenters. The molecule has 2 heterocycles. The maximum Gasteiger partial charge on any atom is 0.0235 e. The van der Waals surface area contributed by atoms with Crippen LogP contribution in [0.5, 0.6) is 0 Å². The first-order valence-corrected chi connectivity index (χ1v) is 6.22. The van der Waals surface area contributed by atoms with Gasteiger partial charge in [-0.2, -0.15) is 0 Å². The molecule has 2 fully saturated rings. The van der Waals surface area contributed by atoms with E-state index in [-0.39, 0.29) is 0 Å². The molecule has 0 aliphatic carbocycles. The van der Waals surface area contributed by atoms with Crippen molar-refractivity contribution in [3.8, 4) is 0 Å². The van der Waals surface area contributed by atoms with Crippen molar-refractivity contribution in [1.29, 1.82) is 0 Å². The van der Waals surface area contributed by atoms with Gasteiger partial charge in [-0.25, -0.2) is 0 Å². The summed E-state index contributed by atoms with van der Waals surface area (Å²) in [5, 5.41) is 0. The molecule has 2 aliphatic heterocycles. The van der Waals surface area contributed by atoms with Crippen LogP contribution in [0.25, 0.3) is 0 Å². The third-order valence-corrected chi connectivity index (χ3v) is 3.53. The van der Waals surface area contributed by atoms with E-state index in [0.717, 1.165) is 12.0 Å². The SMILES string of the molecule is CC(C)CN1CCC(N2CCCC2)C1. The summed E-state index contributed by atoms with van der Waals surface area (Å²) in [5.74, 6) is 0.826. The van der Waals surface area contributed by atoms with Crippen LogP contribution in [-0.4, -0.2) is 48.6 Å². The number of hydrogen-bond donors (Lipinski definition) is 0. The maximum atomic E-state index is 2.71. The molecule has 0 N–H and O–H groups in total. The first-order chi connectivity index (χ1) is 6.75. The lowest BCUT2D eigenvalue weighted by Crippen LogP contribution is -2.36. The Hall–Kier alpha value is -0.0800. The second-order valence-electron chi connectivity index (χ2n) is 5.34. The summed E-state index contributed by atoms with van der Waals surface area (Å²) in [5.41, 5.74) is 0. The Labute approximate surface area is 88.3 Å². The molecule has 2 rings (SSSR count). The number of likely N-dealkylation sites (tertiary alicyclic amines) is 2. The predicted octanol–water partition coefficient (Wildman–Crippen LogP) is 1.81. The molecule has 0 amide bonds. The van der Waals surface area contributed by atoms with Crippen LogP contribution in [0.3, 0.4) is 0 Å². The Morgan fingerprint density at radius 3 is 2.50 bits per heavy atom. The molecule has 0 aromatic carbocycles. The van der Waals surface area contributed by atoms with Gasteiger partial charge in [-0.1, -0.05) is 13.8 Å². The normalized spacial score (nSPS) is 30.6. The van der Waals surface area contributed by atoms with Gasteiger partial charge in [0.25, 0.3) is 0 Å². The Kier molecular flexibility index (Phi) is 3.45. The summed E-state index contributed by atoms with van der Waals surface area (Å²) in [6.07, 6.45) is 4.27. The summed E-state index contributed by atoms with van der Waals surface area (Å²) < 4.78 is 0. The van der Waals surface area contributed by atoms with Crippen LogP contribution in [0.1, 0.15) is 33.1 Å². The highest BCUT2D eigenvalue weighted by Crippen LogP contribution is 2.20. The van der Waals surface area contributed by atoms with Crippen LogP contribution in [-0.2, 0) is 0 Å². The van der Waals surface area contributed by atoms with Crippen LogP contribution >= 0.6 is 0 Å². The lowest BCUT2D eigenvalue weighted by Gasteiger charge is -2.24. The van der Waals surface area contributed by atoms with E-state index in [2.05, 4.69) is 23.6 Å². The molecule has 0 aromatic rings. The molecule has 2 heteroatoms. The van der Waals surface area contributed by atoms with Gasteiger partial charge < -0.3 is 4.90 Å². The summed E-state index contributed by atoms with van der Waals surface area (Å²) in [7, 11) is 0. The minimum absolute atomic E-state index is 0.826. The van der Waals surface area contributed by atoms with Gasteiger partial charge in [-0.15, -0.1) is 0 Å². The van der Waals surface area contributed by atoms with Crippen LogP contribution in [0.15, 0.2) is 0 Å². The zero-order valence-electron chi connectivity index (χ0n) is 9.71. The average molecular weight is 196 g/mol. The molecule has 14 heavy (non-hydrogen) atoms. The third-order valence-electron chi connectivity index (χ3n) is 3.53. The zero-order chi connectivity index (χ0) is 9.97. The van der Waals surface area contributed by atoms with E-state index in [4.69, 9.17) is 0 Å². The van der Waals surface area contributed by atoms with Crippen molar-refractivity contribution < 1.29 is 0 Å². The van der Waals surface area contributed by atoms with E-state index in [0.29, 0.717) is 0 Å². The van der Waals surface area contributed by atoms with Crippen molar-refractivity contribution in [2.24, 2.45) is 5.92 Å². The fourth-order valence-electron chi connectivity index (χ4n) is 2.90. The van der Waals surface area contributed by atoms with Crippen molar-refractivity contribution in [2.75, 3.05) is 32.7 Å². The highest BCUT2D eigenvalue weighted by atomic mass is 15.3. The molecule has 2 saturated heterocycles. The molecule has 0 saturated carbocycles. The van der Waals surface area contributed by atoms with E-state index >= 15 is 0 Å². The van der Waals surface area contributed by atoms with Crippen molar-refractivity contribution in [3.05, 3.63) is 0 Å². The van der Waals surface area contributed by atoms with Crippen LogP contribution in [0.4, 0.5) is 0 Å². The topological polar surface area (TPSA) is 6.48 Å². The Morgan fingerprint density at radius 1 is 1.14 bits per heavy atom. The Balaban J connectivity index is 1.76. The van der Waals surface area contributed by atoms with Gasteiger partial charge in [0, 0.05) is 19.1 Å². The van der Waals surface area contributed by atoms with Gasteiger partial charge in [0.1, 0.15) is 0 Å². The van der Waals surface area contributed by atoms with Crippen molar-refractivity contribution in [2.45, 2.75) is 39.2 Å². The van der Waals surface area contributed by atoms with Crippen LogP contribution in [0, 0.1) is 5.92 Å².